The number of phenols is 1. The molecule has 2 aromatic carbocycles. The molecule has 0 spiro atoms. The fourth-order valence-electron chi connectivity index (χ4n) is 1.79. The minimum Gasteiger partial charge on any atom is -0.507 e. The second kappa shape index (κ2) is 6.48. The van der Waals surface area contributed by atoms with Gasteiger partial charge in [-0.3, -0.25) is 0 Å². The number of nitrogens with zero attached hydrogens (tertiary/aromatic N) is 1. The number of hydrogen-bond acceptors (Lipinski definition) is 5. The van der Waals surface area contributed by atoms with Crippen molar-refractivity contribution in [1.82, 2.24) is 4.83 Å². The van der Waals surface area contributed by atoms with Gasteiger partial charge >= 0.3 is 0 Å². The highest BCUT2D eigenvalue weighted by atomic mass is 32.2. The van der Waals surface area contributed by atoms with Crippen molar-refractivity contribution in [3.63, 3.8) is 0 Å². The van der Waals surface area contributed by atoms with E-state index >= 15 is 0 Å². The number of benzene rings is 2. The topological polar surface area (TPSA) is 88.0 Å². The van der Waals surface area contributed by atoms with Gasteiger partial charge in [-0.25, -0.2) is 0 Å². The molecule has 6 nitrogen and oxygen atoms in total. The van der Waals surface area contributed by atoms with E-state index in [1.54, 1.807) is 37.3 Å². The first-order chi connectivity index (χ1) is 10.4. The number of sulfonamides is 1. The Morgan fingerprint density at radius 3 is 2.45 bits per heavy atom. The van der Waals surface area contributed by atoms with Gasteiger partial charge in [0.25, 0.3) is 10.0 Å². The molecule has 2 N–H and O–H groups in total. The normalized spacial score (nSPS) is 12.0. The second-order valence-corrected chi connectivity index (χ2v) is 6.15. The van der Waals surface area contributed by atoms with Crippen molar-refractivity contribution in [2.75, 3.05) is 7.11 Å². The molecule has 7 heteroatoms. The van der Waals surface area contributed by atoms with Crippen LogP contribution >= 0.6 is 0 Å². The van der Waals surface area contributed by atoms with Gasteiger partial charge < -0.3 is 9.84 Å². The summed E-state index contributed by atoms with van der Waals surface area (Å²) < 4.78 is 29.1. The molecule has 0 aliphatic carbocycles. The number of hydrogen-bond donors (Lipinski definition) is 2. The van der Waals surface area contributed by atoms with Crippen LogP contribution in [-0.4, -0.2) is 26.3 Å². The fraction of sp³-hybridized carbons (Fsp3) is 0.133. The van der Waals surface area contributed by atoms with Crippen molar-refractivity contribution in [3.05, 3.63) is 54.1 Å². The number of nitrogens with one attached hydrogen (secondary N) is 1. The molecule has 116 valence electrons. The van der Waals surface area contributed by atoms with E-state index in [4.69, 9.17) is 4.74 Å². The molecule has 0 aromatic heterocycles. The predicted molar refractivity (Wildman–Crippen MR) is 83.6 cm³/mol. The molecule has 0 unspecified atom stereocenters. The lowest BCUT2D eigenvalue weighted by molar-refractivity contribution is 0.407. The van der Waals surface area contributed by atoms with Crippen LogP contribution in [0.1, 0.15) is 12.5 Å². The Balaban J connectivity index is 2.23. The van der Waals surface area contributed by atoms with Gasteiger partial charge in [0.2, 0.25) is 0 Å². The summed E-state index contributed by atoms with van der Waals surface area (Å²) in [5, 5.41) is 13.7. The molecular formula is C15H16N2O4S. The Labute approximate surface area is 129 Å². The van der Waals surface area contributed by atoms with Crippen LogP contribution in [0.25, 0.3) is 0 Å². The van der Waals surface area contributed by atoms with Crippen LogP contribution in [0.4, 0.5) is 0 Å². The van der Waals surface area contributed by atoms with Crippen molar-refractivity contribution in [2.45, 2.75) is 11.8 Å². The Bertz CT molecular complexity index is 786. The Hall–Kier alpha value is -2.54. The van der Waals surface area contributed by atoms with Crippen molar-refractivity contribution < 1.29 is 18.3 Å². The van der Waals surface area contributed by atoms with Gasteiger partial charge in [-0.15, -0.1) is 0 Å². The van der Waals surface area contributed by atoms with E-state index in [-0.39, 0.29) is 10.6 Å². The van der Waals surface area contributed by atoms with Crippen LogP contribution in [0.5, 0.6) is 11.5 Å². The average molecular weight is 320 g/mol. The van der Waals surface area contributed by atoms with Gasteiger partial charge in [-0.05, 0) is 31.2 Å². The minimum atomic E-state index is -3.73. The lowest BCUT2D eigenvalue weighted by Crippen LogP contribution is -2.19. The lowest BCUT2D eigenvalue weighted by Gasteiger charge is -2.08. The van der Waals surface area contributed by atoms with Gasteiger partial charge in [0.05, 0.1) is 17.7 Å². The maximum absolute atomic E-state index is 12.1. The summed E-state index contributed by atoms with van der Waals surface area (Å²) in [5.41, 5.74) is 0.747. The first-order valence-corrected chi connectivity index (χ1v) is 7.91. The third-order valence-electron chi connectivity index (χ3n) is 2.98. The van der Waals surface area contributed by atoms with E-state index in [0.717, 1.165) is 0 Å². The van der Waals surface area contributed by atoms with Crippen LogP contribution in [0, 0.1) is 0 Å². The predicted octanol–water partition coefficient (Wildman–Crippen LogP) is 2.10. The molecule has 0 radical (unpaired) electrons. The number of methoxy groups -OCH3 is 1. The van der Waals surface area contributed by atoms with Crippen molar-refractivity contribution in [2.24, 2.45) is 5.10 Å². The largest absolute Gasteiger partial charge is 0.507 e. The van der Waals surface area contributed by atoms with Crippen LogP contribution in [0.3, 0.4) is 0 Å². The van der Waals surface area contributed by atoms with Crippen LogP contribution in [0.15, 0.2) is 58.5 Å². The maximum Gasteiger partial charge on any atom is 0.276 e. The van der Waals surface area contributed by atoms with E-state index < -0.39 is 10.0 Å². The maximum atomic E-state index is 12.1. The van der Waals surface area contributed by atoms with Crippen LogP contribution < -0.4 is 9.57 Å². The SMILES string of the molecule is COc1ccc(C(C)=NNS(=O)(=O)c2ccccc2)c(O)c1. The number of ether oxygens (including phenoxy) is 1. The van der Waals surface area contributed by atoms with Gasteiger partial charge in [0, 0.05) is 11.6 Å². The summed E-state index contributed by atoms with van der Waals surface area (Å²) in [5.74, 6) is 0.457. The zero-order valence-electron chi connectivity index (χ0n) is 12.1. The molecular weight excluding hydrogens is 304 g/mol. The summed E-state index contributed by atoms with van der Waals surface area (Å²) in [4.78, 5) is 2.26. The first-order valence-electron chi connectivity index (χ1n) is 6.42. The number of aromatic hydroxyl groups is 1. The van der Waals surface area contributed by atoms with Crippen LogP contribution in [-0.2, 0) is 10.0 Å². The van der Waals surface area contributed by atoms with Gasteiger partial charge in [-0.2, -0.15) is 18.4 Å². The lowest BCUT2D eigenvalue weighted by atomic mass is 10.1. The Kier molecular flexibility index (Phi) is 4.67. The van der Waals surface area contributed by atoms with E-state index in [1.165, 1.54) is 25.3 Å². The van der Waals surface area contributed by atoms with Gasteiger partial charge in [0.1, 0.15) is 11.5 Å². The highest BCUT2D eigenvalue weighted by Crippen LogP contribution is 2.23. The van der Waals surface area contributed by atoms with E-state index in [9.17, 15) is 13.5 Å². The molecule has 0 atom stereocenters. The average Bonchev–Trinajstić information content (AvgIpc) is 2.53. The minimum absolute atomic E-state index is 0.0421. The molecule has 2 aromatic rings. The molecule has 0 heterocycles. The molecule has 0 aliphatic heterocycles. The molecule has 0 saturated carbocycles. The second-order valence-electron chi connectivity index (χ2n) is 4.49. The number of phenolic OH excluding ortho intramolecular Hbond substituents is 1. The highest BCUT2D eigenvalue weighted by Gasteiger charge is 2.13. The smallest absolute Gasteiger partial charge is 0.276 e. The molecule has 0 amide bonds. The standard InChI is InChI=1S/C15H16N2O4S/c1-11(14-9-8-12(21-2)10-15(14)18)16-17-22(19,20)13-6-4-3-5-7-13/h3-10,17-18H,1-2H3. The van der Waals surface area contributed by atoms with E-state index in [0.29, 0.717) is 17.0 Å². The summed E-state index contributed by atoms with van der Waals surface area (Å²) in [7, 11) is -2.24. The fourth-order valence-corrected chi connectivity index (χ4v) is 2.66. The molecule has 0 fully saturated rings. The van der Waals surface area contributed by atoms with Crippen molar-refractivity contribution in [1.29, 1.82) is 0 Å². The zero-order valence-corrected chi connectivity index (χ0v) is 13.0. The zero-order chi connectivity index (χ0) is 16.2. The van der Waals surface area contributed by atoms with Crippen molar-refractivity contribution >= 4 is 15.7 Å². The summed E-state index contributed by atoms with van der Waals surface area (Å²) >= 11 is 0. The van der Waals surface area contributed by atoms with E-state index in [2.05, 4.69) is 9.93 Å². The molecule has 2 rings (SSSR count). The van der Waals surface area contributed by atoms with E-state index in [1.807, 2.05) is 0 Å². The first kappa shape index (κ1) is 15.8. The number of rotatable bonds is 5. The quantitative estimate of drug-likeness (QED) is 0.652. The third-order valence-corrected chi connectivity index (χ3v) is 4.21. The molecule has 0 bridgehead atoms. The molecule has 0 aliphatic rings. The van der Waals surface area contributed by atoms with Gasteiger partial charge in [-0.1, -0.05) is 18.2 Å². The number of hydrazone groups is 1. The highest BCUT2D eigenvalue weighted by molar-refractivity contribution is 7.89. The molecule has 22 heavy (non-hydrogen) atoms. The summed E-state index contributed by atoms with van der Waals surface area (Å²) in [6, 6.07) is 12.6. The summed E-state index contributed by atoms with van der Waals surface area (Å²) in [6.07, 6.45) is 0. The van der Waals surface area contributed by atoms with Gasteiger partial charge in [0.15, 0.2) is 0 Å². The van der Waals surface area contributed by atoms with Crippen LogP contribution in [0.2, 0.25) is 0 Å². The van der Waals surface area contributed by atoms with Crippen molar-refractivity contribution in [3.8, 4) is 11.5 Å². The Morgan fingerprint density at radius 2 is 1.86 bits per heavy atom. The summed E-state index contributed by atoms with van der Waals surface area (Å²) in [6.45, 7) is 1.59. The Morgan fingerprint density at radius 1 is 1.18 bits per heavy atom. The molecule has 0 saturated heterocycles. The third kappa shape index (κ3) is 3.56. The monoisotopic (exact) mass is 320 g/mol.